The van der Waals surface area contributed by atoms with Gasteiger partial charge in [-0.3, -0.25) is 4.79 Å². The van der Waals surface area contributed by atoms with Crippen LogP contribution in [0.5, 0.6) is 5.75 Å². The Kier molecular flexibility index (Phi) is 5.41. The molecule has 140 valence electrons. The molecule has 1 aliphatic rings. The van der Waals surface area contributed by atoms with Crippen LogP contribution < -0.4 is 15.4 Å². The number of rotatable bonds is 5. The van der Waals surface area contributed by atoms with Crippen molar-refractivity contribution in [3.63, 3.8) is 0 Å². The molecule has 27 heavy (non-hydrogen) atoms. The van der Waals surface area contributed by atoms with Gasteiger partial charge in [0.2, 0.25) is 0 Å². The van der Waals surface area contributed by atoms with E-state index >= 15 is 0 Å². The van der Waals surface area contributed by atoms with E-state index in [9.17, 15) is 18.4 Å². The van der Waals surface area contributed by atoms with Crippen molar-refractivity contribution in [3.05, 3.63) is 76.0 Å². The molecule has 5 nitrogen and oxygen atoms in total. The van der Waals surface area contributed by atoms with Crippen molar-refractivity contribution in [2.45, 2.75) is 19.6 Å². The van der Waals surface area contributed by atoms with E-state index in [1.54, 1.807) is 31.2 Å². The Morgan fingerprint density at radius 3 is 2.33 bits per heavy atom. The zero-order chi connectivity index (χ0) is 19.6. The molecule has 0 aromatic heterocycles. The van der Waals surface area contributed by atoms with Crippen molar-refractivity contribution in [3.8, 4) is 5.75 Å². The second kappa shape index (κ2) is 7.75. The maximum absolute atomic E-state index is 13.0. The number of carbonyl (C=O) groups excluding carboxylic acids is 2. The van der Waals surface area contributed by atoms with Crippen molar-refractivity contribution in [2.24, 2.45) is 0 Å². The number of Topliss-reactive ketones (excluding diaryl/α,β-unsaturated/α-hetero) is 1. The summed E-state index contributed by atoms with van der Waals surface area (Å²) in [4.78, 5) is 24.9. The van der Waals surface area contributed by atoms with Crippen LogP contribution in [-0.4, -0.2) is 18.4 Å². The largest absolute Gasteiger partial charge is 0.435 e. The number of ether oxygens (including phenoxy) is 1. The zero-order valence-electron chi connectivity index (χ0n) is 14.1. The minimum Gasteiger partial charge on any atom is -0.435 e. The third-order valence-electron chi connectivity index (χ3n) is 4.06. The number of alkyl halides is 2. The molecule has 1 heterocycles. The van der Waals surface area contributed by atoms with Gasteiger partial charge < -0.3 is 15.4 Å². The average molecular weight is 393 g/mol. The lowest BCUT2D eigenvalue weighted by Crippen LogP contribution is -2.45. The van der Waals surface area contributed by atoms with Gasteiger partial charge in [0.1, 0.15) is 5.75 Å². The van der Waals surface area contributed by atoms with Crippen molar-refractivity contribution < 1.29 is 23.1 Å². The first-order valence-electron chi connectivity index (χ1n) is 7.98. The van der Waals surface area contributed by atoms with Gasteiger partial charge in [0.25, 0.3) is 0 Å². The molecule has 0 unspecified atom stereocenters. The van der Waals surface area contributed by atoms with Crippen LogP contribution in [0.15, 0.2) is 59.8 Å². The summed E-state index contributed by atoms with van der Waals surface area (Å²) < 4.78 is 29.0. The van der Waals surface area contributed by atoms with Gasteiger partial charge in [-0.05, 0) is 48.9 Å². The van der Waals surface area contributed by atoms with Gasteiger partial charge in [0.05, 0.1) is 6.04 Å². The Morgan fingerprint density at radius 1 is 1.11 bits per heavy atom. The van der Waals surface area contributed by atoms with Crippen LogP contribution >= 0.6 is 11.6 Å². The lowest BCUT2D eigenvalue weighted by molar-refractivity contribution is -0.0498. The molecule has 0 aliphatic carbocycles. The second-order valence-corrected chi connectivity index (χ2v) is 6.29. The van der Waals surface area contributed by atoms with E-state index in [-0.39, 0.29) is 11.5 Å². The van der Waals surface area contributed by atoms with Crippen LogP contribution in [0.3, 0.4) is 0 Å². The van der Waals surface area contributed by atoms with Crippen molar-refractivity contribution >= 4 is 23.4 Å². The molecule has 0 radical (unpaired) electrons. The minimum atomic E-state index is -2.93. The number of halogens is 3. The normalized spacial score (nSPS) is 16.8. The van der Waals surface area contributed by atoms with E-state index in [2.05, 4.69) is 15.4 Å². The fourth-order valence-corrected chi connectivity index (χ4v) is 2.97. The van der Waals surface area contributed by atoms with Gasteiger partial charge >= 0.3 is 12.6 Å². The van der Waals surface area contributed by atoms with E-state index in [1.165, 1.54) is 24.3 Å². The average Bonchev–Trinajstić information content (AvgIpc) is 2.61. The van der Waals surface area contributed by atoms with E-state index in [0.717, 1.165) is 0 Å². The van der Waals surface area contributed by atoms with Crippen LogP contribution in [0, 0.1) is 0 Å². The molecule has 0 saturated carbocycles. The maximum atomic E-state index is 13.0. The highest BCUT2D eigenvalue weighted by Gasteiger charge is 2.31. The molecule has 1 aliphatic heterocycles. The number of carbonyl (C=O) groups is 2. The van der Waals surface area contributed by atoms with E-state index < -0.39 is 18.7 Å². The molecular formula is C19H15ClF2N2O3. The highest BCUT2D eigenvalue weighted by molar-refractivity contribution is 6.30. The third-order valence-corrected chi connectivity index (χ3v) is 4.31. The molecule has 0 bridgehead atoms. The van der Waals surface area contributed by atoms with Crippen LogP contribution in [0.1, 0.15) is 28.9 Å². The first-order chi connectivity index (χ1) is 12.8. The maximum Gasteiger partial charge on any atom is 0.387 e. The molecule has 2 amide bonds. The van der Waals surface area contributed by atoms with E-state index in [0.29, 0.717) is 27.4 Å². The third kappa shape index (κ3) is 4.25. The zero-order valence-corrected chi connectivity index (χ0v) is 14.9. The van der Waals surface area contributed by atoms with Crippen LogP contribution in [-0.2, 0) is 0 Å². The Labute approximate surface area is 159 Å². The molecule has 8 heteroatoms. The number of benzene rings is 2. The summed E-state index contributed by atoms with van der Waals surface area (Å²) in [6, 6.07) is 11.0. The van der Waals surface area contributed by atoms with E-state index in [1.807, 2.05) is 0 Å². The second-order valence-electron chi connectivity index (χ2n) is 5.85. The van der Waals surface area contributed by atoms with Gasteiger partial charge in [0, 0.05) is 21.9 Å². The number of hydrogen-bond donors (Lipinski definition) is 2. The number of nitrogens with one attached hydrogen (secondary N) is 2. The lowest BCUT2D eigenvalue weighted by Gasteiger charge is -2.28. The predicted molar refractivity (Wildman–Crippen MR) is 96.0 cm³/mol. The molecule has 0 fully saturated rings. The van der Waals surface area contributed by atoms with Crippen LogP contribution in [0.4, 0.5) is 13.6 Å². The topological polar surface area (TPSA) is 67.4 Å². The number of ketones is 1. The number of hydrogen-bond acceptors (Lipinski definition) is 3. The Bertz CT molecular complexity index is 896. The molecule has 3 rings (SSSR count). The summed E-state index contributed by atoms with van der Waals surface area (Å²) >= 11 is 5.87. The summed E-state index contributed by atoms with van der Waals surface area (Å²) in [6.07, 6.45) is 0. The minimum absolute atomic E-state index is 0.0136. The number of amides is 2. The molecule has 1 atom stereocenters. The predicted octanol–water partition coefficient (Wildman–Crippen LogP) is 4.45. The van der Waals surface area contributed by atoms with Crippen molar-refractivity contribution in [2.75, 3.05) is 0 Å². The summed E-state index contributed by atoms with van der Waals surface area (Å²) in [5.74, 6) is -0.296. The Morgan fingerprint density at radius 2 is 1.74 bits per heavy atom. The molecule has 2 aromatic carbocycles. The fourth-order valence-electron chi connectivity index (χ4n) is 2.84. The van der Waals surface area contributed by atoms with Crippen molar-refractivity contribution in [1.29, 1.82) is 0 Å². The molecule has 0 saturated heterocycles. The van der Waals surface area contributed by atoms with Gasteiger partial charge in [-0.25, -0.2) is 4.79 Å². The highest BCUT2D eigenvalue weighted by atomic mass is 35.5. The highest BCUT2D eigenvalue weighted by Crippen LogP contribution is 2.31. The van der Waals surface area contributed by atoms with E-state index in [4.69, 9.17) is 11.6 Å². The smallest absolute Gasteiger partial charge is 0.387 e. The number of urea groups is 1. The number of allylic oxidation sites excluding steroid dienone is 1. The first kappa shape index (κ1) is 18.8. The molecular weight excluding hydrogens is 378 g/mol. The fraction of sp³-hybridized carbons (Fsp3) is 0.158. The standard InChI is InChI=1S/C19H15ClF2N2O3/c1-10-15(17(25)12-2-6-13(20)7-3-12)16(24-19(26)23-10)11-4-8-14(9-5-11)27-18(21)22/h2-9,16,18H,1H3,(H2,23,24,26)/t16-/m0/s1. The first-order valence-corrected chi connectivity index (χ1v) is 8.36. The SMILES string of the molecule is CC1=C(C(=O)c2ccc(Cl)cc2)[C@H](c2ccc(OC(F)F)cc2)NC(=O)N1. The monoisotopic (exact) mass is 392 g/mol. The Balaban J connectivity index is 1.96. The summed E-state index contributed by atoms with van der Waals surface area (Å²) in [5, 5.41) is 5.78. The Hall–Kier alpha value is -2.93. The summed E-state index contributed by atoms with van der Waals surface area (Å²) in [5.41, 5.74) is 1.73. The van der Waals surface area contributed by atoms with Gasteiger partial charge in [-0.2, -0.15) is 8.78 Å². The van der Waals surface area contributed by atoms with Gasteiger partial charge in [-0.1, -0.05) is 23.7 Å². The lowest BCUT2D eigenvalue weighted by atomic mass is 9.89. The van der Waals surface area contributed by atoms with Crippen LogP contribution in [0.2, 0.25) is 5.02 Å². The molecule has 0 spiro atoms. The quantitative estimate of drug-likeness (QED) is 0.738. The van der Waals surface area contributed by atoms with Crippen LogP contribution in [0.25, 0.3) is 0 Å². The summed E-state index contributed by atoms with van der Waals surface area (Å²) in [7, 11) is 0. The molecule has 2 aromatic rings. The van der Waals surface area contributed by atoms with Crippen molar-refractivity contribution in [1.82, 2.24) is 10.6 Å². The van der Waals surface area contributed by atoms with Gasteiger partial charge in [-0.15, -0.1) is 0 Å². The summed E-state index contributed by atoms with van der Waals surface area (Å²) in [6.45, 7) is -1.30. The van der Waals surface area contributed by atoms with Gasteiger partial charge in [0.15, 0.2) is 5.78 Å². The molecule has 2 N–H and O–H groups in total.